The van der Waals surface area contributed by atoms with Gasteiger partial charge in [-0.1, -0.05) is 42.3 Å². The van der Waals surface area contributed by atoms with Crippen LogP contribution >= 0.6 is 11.6 Å². The van der Waals surface area contributed by atoms with E-state index in [4.69, 9.17) is 16.3 Å². The average Bonchev–Trinajstić information content (AvgIpc) is 3.19. The highest BCUT2D eigenvalue weighted by molar-refractivity contribution is 6.40. The number of anilines is 1. The molecule has 0 saturated carbocycles. The number of nitrogens with zero attached hydrogens (tertiary/aromatic N) is 3. The number of halogens is 2. The van der Waals surface area contributed by atoms with Crippen LogP contribution in [0.5, 0.6) is 5.75 Å². The van der Waals surface area contributed by atoms with Crippen molar-refractivity contribution in [2.45, 2.75) is 25.3 Å². The zero-order valence-corrected chi connectivity index (χ0v) is 18.2. The molecule has 2 aromatic rings. The quantitative estimate of drug-likeness (QED) is 0.718. The molecule has 4 rings (SSSR count). The van der Waals surface area contributed by atoms with Crippen molar-refractivity contribution >= 4 is 28.9 Å². The van der Waals surface area contributed by atoms with Crippen molar-refractivity contribution in [1.82, 2.24) is 10.4 Å². The molecule has 2 heterocycles. The van der Waals surface area contributed by atoms with Crippen LogP contribution in [0.3, 0.4) is 0 Å². The van der Waals surface area contributed by atoms with Crippen molar-refractivity contribution in [3.63, 3.8) is 0 Å². The zero-order chi connectivity index (χ0) is 21.8. The van der Waals surface area contributed by atoms with Crippen LogP contribution in [-0.4, -0.2) is 43.5 Å². The summed E-state index contributed by atoms with van der Waals surface area (Å²) in [5.41, 5.74) is 4.55. The molecular weight excluding hydrogens is 419 g/mol. The first-order valence-corrected chi connectivity index (χ1v) is 10.9. The van der Waals surface area contributed by atoms with Crippen LogP contribution in [0.15, 0.2) is 53.6 Å². The Kier molecular flexibility index (Phi) is 6.73. The third kappa shape index (κ3) is 4.52. The lowest BCUT2D eigenvalue weighted by Crippen LogP contribution is -2.48. The largest absolute Gasteiger partial charge is 0.497 e. The number of nitrogens with one attached hydrogen (secondary N) is 1. The number of carbonyl (C=O) groups is 1. The van der Waals surface area contributed by atoms with Crippen molar-refractivity contribution in [1.29, 1.82) is 0 Å². The van der Waals surface area contributed by atoms with E-state index >= 15 is 0 Å². The Bertz CT molecular complexity index is 947. The van der Waals surface area contributed by atoms with Gasteiger partial charge in [-0.05, 0) is 42.7 Å². The Morgan fingerprint density at radius 2 is 1.87 bits per heavy atom. The van der Waals surface area contributed by atoms with E-state index in [1.54, 1.807) is 18.2 Å². The van der Waals surface area contributed by atoms with E-state index in [0.717, 1.165) is 37.9 Å². The molecule has 31 heavy (non-hydrogen) atoms. The number of piperidine rings is 1. The second-order valence-corrected chi connectivity index (χ2v) is 8.16. The van der Waals surface area contributed by atoms with E-state index in [-0.39, 0.29) is 11.6 Å². The molecule has 6 nitrogen and oxygen atoms in total. The molecule has 0 bridgehead atoms. The summed E-state index contributed by atoms with van der Waals surface area (Å²) in [5.74, 6) is -0.390. The molecule has 0 spiro atoms. The molecule has 2 aromatic carbocycles. The number of rotatable bonds is 6. The van der Waals surface area contributed by atoms with E-state index < -0.39 is 18.6 Å². The molecule has 2 aliphatic rings. The summed E-state index contributed by atoms with van der Waals surface area (Å²) in [5, 5.41) is 8.64. The first-order chi connectivity index (χ1) is 15.1. The fourth-order valence-corrected chi connectivity index (χ4v) is 4.39. The van der Waals surface area contributed by atoms with Crippen molar-refractivity contribution < 1.29 is 13.9 Å². The van der Waals surface area contributed by atoms with Crippen LogP contribution in [0.4, 0.5) is 10.1 Å². The molecule has 164 valence electrons. The molecule has 2 aliphatic heterocycles. The summed E-state index contributed by atoms with van der Waals surface area (Å²) in [6.07, 6.45) is 3.21. The number of alkyl halides is 1. The summed E-state index contributed by atoms with van der Waals surface area (Å²) in [7, 11) is 1.59. The number of hydrazone groups is 1. The van der Waals surface area contributed by atoms with Crippen molar-refractivity contribution in [2.75, 3.05) is 31.9 Å². The van der Waals surface area contributed by atoms with Gasteiger partial charge in [0.2, 0.25) is 0 Å². The maximum absolute atomic E-state index is 14.4. The standard InChI is InChI=1S/C23H26ClFN4O2/c1-31-17-11-9-16(10-12-17)22-18(15-25)21(23(30)27-28-13-5-2-6-14-28)26-29(22)20-8-4-3-7-19(20)24/h3-4,7-12,18,22H,2,5-6,13-15H2,1H3,(H,27,30). The molecule has 2 atom stereocenters. The number of methoxy groups -OCH3 is 1. The third-order valence-electron chi connectivity index (χ3n) is 5.78. The van der Waals surface area contributed by atoms with Gasteiger partial charge in [-0.3, -0.25) is 19.6 Å². The number of hydrogen-bond acceptors (Lipinski definition) is 5. The predicted octanol–water partition coefficient (Wildman–Crippen LogP) is 4.37. The van der Waals surface area contributed by atoms with Crippen LogP contribution < -0.4 is 15.2 Å². The molecule has 0 aliphatic carbocycles. The van der Waals surface area contributed by atoms with Gasteiger partial charge in [0.1, 0.15) is 18.1 Å². The van der Waals surface area contributed by atoms with Gasteiger partial charge in [-0.2, -0.15) is 5.10 Å². The van der Waals surface area contributed by atoms with Gasteiger partial charge in [0.15, 0.2) is 0 Å². The second kappa shape index (κ2) is 9.66. The maximum Gasteiger partial charge on any atom is 0.282 e. The smallest absolute Gasteiger partial charge is 0.282 e. The Balaban J connectivity index is 1.69. The molecule has 1 saturated heterocycles. The van der Waals surface area contributed by atoms with Crippen LogP contribution in [0.25, 0.3) is 0 Å². The van der Waals surface area contributed by atoms with Gasteiger partial charge < -0.3 is 4.74 Å². The molecular formula is C23H26ClFN4O2. The number of hydrogen-bond donors (Lipinski definition) is 1. The highest BCUT2D eigenvalue weighted by Gasteiger charge is 2.43. The van der Waals surface area contributed by atoms with E-state index in [0.29, 0.717) is 16.5 Å². The molecule has 1 amide bonds. The van der Waals surface area contributed by atoms with Gasteiger partial charge in [0.05, 0.1) is 29.8 Å². The first kappa shape index (κ1) is 21.6. The Labute approximate surface area is 186 Å². The van der Waals surface area contributed by atoms with Gasteiger partial charge in [0.25, 0.3) is 5.91 Å². The van der Waals surface area contributed by atoms with Crippen LogP contribution in [0.2, 0.25) is 5.02 Å². The van der Waals surface area contributed by atoms with Crippen LogP contribution in [-0.2, 0) is 4.79 Å². The molecule has 0 aromatic heterocycles. The molecule has 0 radical (unpaired) electrons. The lowest BCUT2D eigenvalue weighted by Gasteiger charge is -2.28. The average molecular weight is 445 g/mol. The third-order valence-corrected chi connectivity index (χ3v) is 6.10. The number of carbonyl (C=O) groups excluding carboxylic acids is 1. The lowest BCUT2D eigenvalue weighted by atomic mass is 9.90. The molecule has 2 unspecified atom stereocenters. The monoisotopic (exact) mass is 444 g/mol. The topological polar surface area (TPSA) is 57.2 Å². The number of amides is 1. The fourth-order valence-electron chi connectivity index (χ4n) is 4.17. The summed E-state index contributed by atoms with van der Waals surface area (Å²) in [6, 6.07) is 14.1. The Hall–Kier alpha value is -2.64. The zero-order valence-electron chi connectivity index (χ0n) is 17.4. The minimum atomic E-state index is -0.727. The highest BCUT2D eigenvalue weighted by Crippen LogP contribution is 2.42. The number of para-hydroxylation sites is 1. The Morgan fingerprint density at radius 1 is 1.16 bits per heavy atom. The number of hydrazine groups is 1. The van der Waals surface area contributed by atoms with Crippen molar-refractivity contribution in [3.8, 4) is 5.75 Å². The van der Waals surface area contributed by atoms with Crippen molar-refractivity contribution in [3.05, 3.63) is 59.1 Å². The summed E-state index contributed by atoms with van der Waals surface area (Å²) < 4.78 is 19.7. The summed E-state index contributed by atoms with van der Waals surface area (Å²) >= 11 is 6.45. The molecule has 1 fully saturated rings. The number of benzene rings is 2. The normalized spacial score (nSPS) is 21.6. The van der Waals surface area contributed by atoms with E-state index in [9.17, 15) is 9.18 Å². The van der Waals surface area contributed by atoms with Crippen LogP contribution in [0.1, 0.15) is 30.9 Å². The Morgan fingerprint density at radius 3 is 2.52 bits per heavy atom. The summed E-state index contributed by atoms with van der Waals surface area (Å²) in [4.78, 5) is 13.1. The van der Waals surface area contributed by atoms with E-state index in [1.807, 2.05) is 47.5 Å². The lowest BCUT2D eigenvalue weighted by molar-refractivity contribution is -0.120. The summed E-state index contributed by atoms with van der Waals surface area (Å²) in [6.45, 7) is 0.856. The SMILES string of the molecule is COc1ccc(C2C(CF)C(C(=O)NN3CCCCC3)=NN2c2ccccc2Cl)cc1. The van der Waals surface area contributed by atoms with Crippen LogP contribution in [0, 0.1) is 5.92 Å². The number of ether oxygens (including phenoxy) is 1. The van der Waals surface area contributed by atoms with Gasteiger partial charge in [-0.15, -0.1) is 0 Å². The predicted molar refractivity (Wildman–Crippen MR) is 120 cm³/mol. The minimum Gasteiger partial charge on any atom is -0.497 e. The molecule has 8 heteroatoms. The van der Waals surface area contributed by atoms with E-state index in [2.05, 4.69) is 10.5 Å². The van der Waals surface area contributed by atoms with E-state index in [1.165, 1.54) is 0 Å². The second-order valence-electron chi connectivity index (χ2n) is 7.75. The highest BCUT2D eigenvalue weighted by atomic mass is 35.5. The van der Waals surface area contributed by atoms with Gasteiger partial charge >= 0.3 is 0 Å². The first-order valence-electron chi connectivity index (χ1n) is 10.5. The molecule has 1 N–H and O–H groups in total. The maximum atomic E-state index is 14.4. The minimum absolute atomic E-state index is 0.175. The fraction of sp³-hybridized carbons (Fsp3) is 0.391. The van der Waals surface area contributed by atoms with Gasteiger partial charge in [0, 0.05) is 13.1 Å². The van der Waals surface area contributed by atoms with Crippen molar-refractivity contribution in [2.24, 2.45) is 11.0 Å². The van der Waals surface area contributed by atoms with Gasteiger partial charge in [-0.25, -0.2) is 5.01 Å².